The van der Waals surface area contributed by atoms with Gasteiger partial charge in [0.2, 0.25) is 0 Å². The predicted octanol–water partition coefficient (Wildman–Crippen LogP) is 3.21. The van der Waals surface area contributed by atoms with Gasteiger partial charge >= 0.3 is 0 Å². The van der Waals surface area contributed by atoms with E-state index in [1.54, 1.807) is 12.5 Å². The van der Waals surface area contributed by atoms with Crippen molar-refractivity contribution in [1.82, 2.24) is 15.0 Å². The van der Waals surface area contributed by atoms with Crippen molar-refractivity contribution in [2.75, 3.05) is 41.9 Å². The lowest BCUT2D eigenvalue weighted by Gasteiger charge is -2.40. The molecule has 4 rings (SSSR count). The average Bonchev–Trinajstić information content (AvgIpc) is 3.54. The zero-order valence-corrected chi connectivity index (χ0v) is 17.8. The number of pyridine rings is 1. The van der Waals surface area contributed by atoms with Crippen LogP contribution in [-0.4, -0.2) is 54.2 Å². The van der Waals surface area contributed by atoms with E-state index < -0.39 is 0 Å². The summed E-state index contributed by atoms with van der Waals surface area (Å²) in [6.07, 6.45) is 7.95. The molecule has 8 heteroatoms. The van der Waals surface area contributed by atoms with E-state index in [1.807, 2.05) is 25.1 Å². The Morgan fingerprint density at radius 2 is 1.71 bits per heavy atom. The number of anilines is 3. The smallest absolute Gasteiger partial charge is 0.146 e. The van der Waals surface area contributed by atoms with Crippen molar-refractivity contribution in [3.05, 3.63) is 34.7 Å². The molecule has 1 aliphatic carbocycles. The van der Waals surface area contributed by atoms with Crippen molar-refractivity contribution in [2.24, 2.45) is 0 Å². The summed E-state index contributed by atoms with van der Waals surface area (Å²) < 4.78 is 0.836. The van der Waals surface area contributed by atoms with Crippen molar-refractivity contribution >= 4 is 33.4 Å². The van der Waals surface area contributed by atoms with Crippen molar-refractivity contribution in [3.63, 3.8) is 0 Å². The quantitative estimate of drug-likeness (QED) is 0.704. The van der Waals surface area contributed by atoms with Gasteiger partial charge in [-0.05, 0) is 47.7 Å². The van der Waals surface area contributed by atoms with Crippen LogP contribution in [0.25, 0.3) is 0 Å². The van der Waals surface area contributed by atoms with E-state index in [0.717, 1.165) is 47.9 Å². The van der Waals surface area contributed by atoms with E-state index >= 15 is 0 Å². The lowest BCUT2D eigenvalue weighted by Crippen LogP contribution is -2.47. The molecule has 3 heterocycles. The maximum absolute atomic E-state index is 9.45. The Labute approximate surface area is 174 Å². The maximum atomic E-state index is 9.45. The second-order valence-corrected chi connectivity index (χ2v) is 8.54. The number of halogens is 1. The molecular formula is C20H24BrN7. The first kappa shape index (κ1) is 18.9. The van der Waals surface area contributed by atoms with Crippen LogP contribution in [0.4, 0.5) is 17.5 Å². The van der Waals surface area contributed by atoms with Crippen LogP contribution in [0.15, 0.2) is 29.1 Å². The summed E-state index contributed by atoms with van der Waals surface area (Å²) in [5.41, 5.74) is 0.623. The number of nitrogens with zero attached hydrogens (tertiary/aromatic N) is 7. The van der Waals surface area contributed by atoms with Gasteiger partial charge in [0, 0.05) is 56.0 Å². The Morgan fingerprint density at radius 1 is 1.04 bits per heavy atom. The molecule has 1 saturated carbocycles. The predicted molar refractivity (Wildman–Crippen MR) is 114 cm³/mol. The minimum Gasteiger partial charge on any atom is -0.363 e. The standard InChI is InChI=1S/C20H24BrN7/c1-26(2)18-10-19(25-13-24-18)28(16-3-4-16)17-5-7-27(8-6-17)20-14(11-22)9-15(21)12-23-20/h9-10,12-13,16-17H,3-8H2,1-2H3. The van der Waals surface area contributed by atoms with Crippen LogP contribution >= 0.6 is 15.9 Å². The van der Waals surface area contributed by atoms with Crippen molar-refractivity contribution in [1.29, 1.82) is 5.26 Å². The highest BCUT2D eigenvalue weighted by atomic mass is 79.9. The molecule has 2 aliphatic rings. The van der Waals surface area contributed by atoms with Crippen LogP contribution < -0.4 is 14.7 Å². The Balaban J connectivity index is 1.50. The minimum atomic E-state index is 0.453. The molecule has 2 fully saturated rings. The van der Waals surface area contributed by atoms with Crippen LogP contribution in [0.3, 0.4) is 0 Å². The lowest BCUT2D eigenvalue weighted by atomic mass is 10.0. The minimum absolute atomic E-state index is 0.453. The molecule has 0 radical (unpaired) electrons. The first-order chi connectivity index (χ1) is 13.6. The van der Waals surface area contributed by atoms with Crippen LogP contribution in [0.1, 0.15) is 31.2 Å². The second kappa shape index (κ2) is 7.92. The summed E-state index contributed by atoms with van der Waals surface area (Å²) in [6, 6.07) is 7.24. The molecule has 7 nitrogen and oxygen atoms in total. The molecule has 146 valence electrons. The van der Waals surface area contributed by atoms with Gasteiger partial charge in [0.15, 0.2) is 0 Å². The zero-order chi connectivity index (χ0) is 19.7. The Morgan fingerprint density at radius 3 is 2.36 bits per heavy atom. The molecule has 2 aromatic heterocycles. The number of hydrogen-bond acceptors (Lipinski definition) is 7. The van der Waals surface area contributed by atoms with Gasteiger partial charge < -0.3 is 14.7 Å². The third-order valence-electron chi connectivity index (χ3n) is 5.41. The summed E-state index contributed by atoms with van der Waals surface area (Å²) in [5, 5.41) is 9.45. The summed E-state index contributed by atoms with van der Waals surface area (Å²) in [4.78, 5) is 20.2. The number of piperidine rings is 1. The average molecular weight is 442 g/mol. The maximum Gasteiger partial charge on any atom is 0.146 e. The van der Waals surface area contributed by atoms with E-state index in [4.69, 9.17) is 0 Å². The summed E-state index contributed by atoms with van der Waals surface area (Å²) in [6.45, 7) is 1.78. The topological polar surface area (TPSA) is 72.2 Å². The van der Waals surface area contributed by atoms with Gasteiger partial charge in [0.25, 0.3) is 0 Å². The Hall–Kier alpha value is -2.40. The number of nitriles is 1. The molecular weight excluding hydrogens is 418 g/mol. The van der Waals surface area contributed by atoms with Gasteiger partial charge in [0.1, 0.15) is 29.9 Å². The number of rotatable bonds is 5. The van der Waals surface area contributed by atoms with Crippen LogP contribution in [0, 0.1) is 11.3 Å². The molecule has 0 aromatic carbocycles. The van der Waals surface area contributed by atoms with Crippen LogP contribution in [0.5, 0.6) is 0 Å². The zero-order valence-electron chi connectivity index (χ0n) is 16.2. The van der Waals surface area contributed by atoms with E-state index in [2.05, 4.69) is 52.8 Å². The fraction of sp³-hybridized carbons (Fsp3) is 0.500. The van der Waals surface area contributed by atoms with Gasteiger partial charge in [0.05, 0.1) is 5.56 Å². The van der Waals surface area contributed by atoms with Gasteiger partial charge in [-0.1, -0.05) is 0 Å². The fourth-order valence-electron chi connectivity index (χ4n) is 3.87. The fourth-order valence-corrected chi connectivity index (χ4v) is 4.20. The largest absolute Gasteiger partial charge is 0.363 e. The summed E-state index contributed by atoms with van der Waals surface area (Å²) in [5.74, 6) is 2.75. The van der Waals surface area contributed by atoms with Crippen LogP contribution in [-0.2, 0) is 0 Å². The molecule has 2 aromatic rings. The molecule has 0 N–H and O–H groups in total. The summed E-state index contributed by atoms with van der Waals surface area (Å²) in [7, 11) is 4.01. The highest BCUT2D eigenvalue weighted by molar-refractivity contribution is 9.10. The van der Waals surface area contributed by atoms with Crippen molar-refractivity contribution < 1.29 is 0 Å². The molecule has 1 aliphatic heterocycles. The Kier molecular flexibility index (Phi) is 5.36. The first-order valence-corrected chi connectivity index (χ1v) is 10.4. The van der Waals surface area contributed by atoms with Gasteiger partial charge in [-0.15, -0.1) is 0 Å². The Bertz CT molecular complexity index is 882. The first-order valence-electron chi connectivity index (χ1n) is 9.65. The van der Waals surface area contributed by atoms with Gasteiger partial charge in [-0.2, -0.15) is 5.26 Å². The molecule has 0 spiro atoms. The second-order valence-electron chi connectivity index (χ2n) is 7.62. The van der Waals surface area contributed by atoms with Crippen molar-refractivity contribution in [2.45, 2.75) is 37.8 Å². The van der Waals surface area contributed by atoms with E-state index in [1.165, 1.54) is 12.8 Å². The molecule has 0 amide bonds. The number of aromatic nitrogens is 3. The van der Waals surface area contributed by atoms with E-state index in [-0.39, 0.29) is 0 Å². The summed E-state index contributed by atoms with van der Waals surface area (Å²) >= 11 is 3.40. The van der Waals surface area contributed by atoms with Crippen molar-refractivity contribution in [3.8, 4) is 6.07 Å². The number of hydrogen-bond donors (Lipinski definition) is 0. The van der Waals surface area contributed by atoms with E-state index in [0.29, 0.717) is 17.6 Å². The van der Waals surface area contributed by atoms with E-state index in [9.17, 15) is 5.26 Å². The molecule has 28 heavy (non-hydrogen) atoms. The molecule has 1 saturated heterocycles. The lowest BCUT2D eigenvalue weighted by molar-refractivity contribution is 0.457. The third-order valence-corrected chi connectivity index (χ3v) is 5.85. The van der Waals surface area contributed by atoms with Crippen LogP contribution in [0.2, 0.25) is 0 Å². The highest BCUT2D eigenvalue weighted by Gasteiger charge is 2.37. The SMILES string of the molecule is CN(C)c1cc(N(C2CC2)C2CCN(c3ncc(Br)cc3C#N)CC2)ncn1. The van der Waals surface area contributed by atoms with Gasteiger partial charge in [-0.3, -0.25) is 0 Å². The molecule has 0 atom stereocenters. The molecule has 0 bridgehead atoms. The monoisotopic (exact) mass is 441 g/mol. The normalized spacial score (nSPS) is 17.3. The highest BCUT2D eigenvalue weighted by Crippen LogP contribution is 2.36. The third kappa shape index (κ3) is 3.90. The molecule has 0 unspecified atom stereocenters. The van der Waals surface area contributed by atoms with Gasteiger partial charge in [-0.25, -0.2) is 15.0 Å².